The van der Waals surface area contributed by atoms with Gasteiger partial charge in [-0.15, -0.1) is 0 Å². The average molecular weight is 432 g/mol. The first-order valence-electron chi connectivity index (χ1n) is 11.4. The molecule has 0 bridgehead atoms. The Hall–Kier alpha value is -3.22. The van der Waals surface area contributed by atoms with Crippen LogP contribution in [0.3, 0.4) is 0 Å². The van der Waals surface area contributed by atoms with E-state index >= 15 is 0 Å². The molecule has 3 aromatic rings. The van der Waals surface area contributed by atoms with E-state index in [1.165, 1.54) is 5.56 Å². The summed E-state index contributed by atoms with van der Waals surface area (Å²) in [5, 5.41) is 7.66. The van der Waals surface area contributed by atoms with Crippen molar-refractivity contribution in [3.8, 4) is 0 Å². The quantitative estimate of drug-likeness (QED) is 0.649. The number of hydrogen-bond acceptors (Lipinski definition) is 5. The van der Waals surface area contributed by atoms with Crippen molar-refractivity contribution in [2.24, 2.45) is 5.92 Å². The number of aryl methyl sites for hydroxylation is 1. The minimum atomic E-state index is 0.0205. The Bertz CT molecular complexity index is 1150. The summed E-state index contributed by atoms with van der Waals surface area (Å²) in [6, 6.07) is 14.5. The van der Waals surface area contributed by atoms with Crippen molar-refractivity contribution in [2.75, 3.05) is 18.0 Å². The molecule has 7 nitrogen and oxygen atoms in total. The molecule has 2 aromatic heterocycles. The Kier molecular flexibility index (Phi) is 5.41. The van der Waals surface area contributed by atoms with Gasteiger partial charge in [-0.3, -0.25) is 9.59 Å². The summed E-state index contributed by atoms with van der Waals surface area (Å²) in [6.45, 7) is 5.18. The van der Waals surface area contributed by atoms with Crippen LogP contribution < -0.4 is 10.2 Å². The second-order valence-electron chi connectivity index (χ2n) is 9.13. The highest BCUT2D eigenvalue weighted by Gasteiger charge is 2.43. The standard InChI is InChI=1S/C25H29N5O2/c1-16-12-24-27-20(13-23(32)22-15-21(22)18-6-4-3-5-7-18)14-25(30(24)28-16)29-10-8-19(9-11-29)26-17(2)31/h3-7,12,14,19,21-22H,8-11,13,15H2,1-2H3,(H,26,31). The van der Waals surface area contributed by atoms with Crippen molar-refractivity contribution in [2.45, 2.75) is 51.5 Å². The fraction of sp³-hybridized carbons (Fsp3) is 0.440. The number of aromatic nitrogens is 3. The summed E-state index contributed by atoms with van der Waals surface area (Å²) in [6.07, 6.45) is 3.06. The predicted molar refractivity (Wildman–Crippen MR) is 123 cm³/mol. The van der Waals surface area contributed by atoms with Gasteiger partial charge in [0.05, 0.1) is 11.4 Å². The first kappa shape index (κ1) is 20.7. The fourth-order valence-electron chi connectivity index (χ4n) is 4.91. The van der Waals surface area contributed by atoms with Gasteiger partial charge in [0.2, 0.25) is 5.91 Å². The number of carbonyl (C=O) groups excluding carboxylic acids is 2. The van der Waals surface area contributed by atoms with Gasteiger partial charge in [-0.2, -0.15) is 9.61 Å². The summed E-state index contributed by atoms with van der Waals surface area (Å²) in [4.78, 5) is 31.4. The molecular weight excluding hydrogens is 402 g/mol. The molecule has 7 heteroatoms. The predicted octanol–water partition coefficient (Wildman–Crippen LogP) is 3.06. The Balaban J connectivity index is 1.34. The summed E-state index contributed by atoms with van der Waals surface area (Å²) in [5.74, 6) is 1.70. The molecule has 5 rings (SSSR count). The Labute approximate surface area is 187 Å². The van der Waals surface area contributed by atoms with Gasteiger partial charge in [-0.25, -0.2) is 4.98 Å². The van der Waals surface area contributed by atoms with E-state index in [1.807, 2.05) is 41.8 Å². The number of fused-ring (bicyclic) bond motifs is 1. The van der Waals surface area contributed by atoms with Crippen LogP contribution in [-0.2, 0) is 16.0 Å². The lowest BCUT2D eigenvalue weighted by molar-refractivity contribution is -0.120. The van der Waals surface area contributed by atoms with Crippen molar-refractivity contribution in [1.82, 2.24) is 19.9 Å². The molecule has 1 aromatic carbocycles. The number of nitrogens with one attached hydrogen (secondary N) is 1. The lowest BCUT2D eigenvalue weighted by Gasteiger charge is -2.33. The highest BCUT2D eigenvalue weighted by molar-refractivity contribution is 5.87. The second-order valence-corrected chi connectivity index (χ2v) is 9.13. The average Bonchev–Trinajstić information content (AvgIpc) is 3.49. The Morgan fingerprint density at radius 3 is 2.59 bits per heavy atom. The number of hydrogen-bond donors (Lipinski definition) is 1. The number of ketones is 1. The first-order valence-corrected chi connectivity index (χ1v) is 11.4. The van der Waals surface area contributed by atoms with Crippen LogP contribution in [0.2, 0.25) is 0 Å². The third-order valence-corrected chi connectivity index (χ3v) is 6.60. The molecule has 32 heavy (non-hydrogen) atoms. The smallest absolute Gasteiger partial charge is 0.217 e. The third kappa shape index (κ3) is 4.24. The van der Waals surface area contributed by atoms with E-state index in [0.717, 1.165) is 55.2 Å². The number of rotatable bonds is 6. The maximum Gasteiger partial charge on any atom is 0.217 e. The van der Waals surface area contributed by atoms with E-state index in [9.17, 15) is 9.59 Å². The van der Waals surface area contributed by atoms with Crippen LogP contribution in [0.25, 0.3) is 5.65 Å². The zero-order valence-electron chi connectivity index (χ0n) is 18.6. The van der Waals surface area contributed by atoms with Gasteiger partial charge in [0.25, 0.3) is 0 Å². The second kappa shape index (κ2) is 8.37. The molecule has 1 saturated carbocycles. The molecule has 2 aliphatic rings. The van der Waals surface area contributed by atoms with Gasteiger partial charge >= 0.3 is 0 Å². The van der Waals surface area contributed by atoms with E-state index < -0.39 is 0 Å². The van der Waals surface area contributed by atoms with Crippen LogP contribution >= 0.6 is 0 Å². The lowest BCUT2D eigenvalue weighted by Crippen LogP contribution is -2.44. The molecular formula is C25H29N5O2. The molecule has 1 amide bonds. The van der Waals surface area contributed by atoms with Crippen LogP contribution in [0.1, 0.15) is 49.1 Å². The number of Topliss-reactive ketones (excluding diaryl/α,β-unsaturated/α-hetero) is 1. The Morgan fingerprint density at radius 1 is 1.12 bits per heavy atom. The van der Waals surface area contributed by atoms with Crippen LogP contribution in [0.5, 0.6) is 0 Å². The van der Waals surface area contributed by atoms with Crippen LogP contribution in [0, 0.1) is 12.8 Å². The number of piperidine rings is 1. The summed E-state index contributed by atoms with van der Waals surface area (Å²) in [5.41, 5.74) is 3.74. The Morgan fingerprint density at radius 2 is 1.88 bits per heavy atom. The fourth-order valence-corrected chi connectivity index (χ4v) is 4.91. The summed E-state index contributed by atoms with van der Waals surface area (Å²) >= 11 is 0. The normalized spacial score (nSPS) is 21.0. The molecule has 2 fully saturated rings. The molecule has 2 unspecified atom stereocenters. The number of carbonyl (C=O) groups is 2. The highest BCUT2D eigenvalue weighted by Crippen LogP contribution is 2.48. The highest BCUT2D eigenvalue weighted by atomic mass is 16.1. The molecule has 1 N–H and O–H groups in total. The van der Waals surface area contributed by atoms with Crippen molar-refractivity contribution < 1.29 is 9.59 Å². The number of anilines is 1. The van der Waals surface area contributed by atoms with E-state index in [1.54, 1.807) is 6.92 Å². The third-order valence-electron chi connectivity index (χ3n) is 6.60. The van der Waals surface area contributed by atoms with Gasteiger partial charge in [0.15, 0.2) is 5.65 Å². The molecule has 1 aliphatic carbocycles. The van der Waals surface area contributed by atoms with Gasteiger partial charge in [-0.05, 0) is 37.7 Å². The van der Waals surface area contributed by atoms with Gasteiger partial charge in [-0.1, -0.05) is 30.3 Å². The van der Waals surface area contributed by atoms with Gasteiger partial charge in [0.1, 0.15) is 11.6 Å². The molecule has 0 radical (unpaired) electrons. The van der Waals surface area contributed by atoms with E-state index in [2.05, 4.69) is 27.4 Å². The lowest BCUT2D eigenvalue weighted by atomic mass is 10.0. The monoisotopic (exact) mass is 431 g/mol. The largest absolute Gasteiger partial charge is 0.356 e. The number of benzene rings is 1. The van der Waals surface area contributed by atoms with Crippen LogP contribution in [0.15, 0.2) is 42.5 Å². The minimum absolute atomic E-state index is 0.0205. The first-order chi connectivity index (χ1) is 15.5. The summed E-state index contributed by atoms with van der Waals surface area (Å²) < 4.78 is 1.88. The maximum atomic E-state index is 13.0. The van der Waals surface area contributed by atoms with Gasteiger partial charge in [0, 0.05) is 50.5 Å². The molecule has 3 heterocycles. The summed E-state index contributed by atoms with van der Waals surface area (Å²) in [7, 11) is 0. The topological polar surface area (TPSA) is 79.6 Å². The van der Waals surface area contributed by atoms with Crippen molar-refractivity contribution in [3.63, 3.8) is 0 Å². The molecule has 166 valence electrons. The van der Waals surface area contributed by atoms with E-state index in [-0.39, 0.29) is 23.7 Å². The molecule has 1 aliphatic heterocycles. The van der Waals surface area contributed by atoms with Crippen LogP contribution in [-0.4, -0.2) is 45.4 Å². The zero-order chi connectivity index (χ0) is 22.2. The minimum Gasteiger partial charge on any atom is -0.356 e. The van der Waals surface area contributed by atoms with E-state index in [0.29, 0.717) is 12.3 Å². The molecule has 2 atom stereocenters. The maximum absolute atomic E-state index is 13.0. The molecule has 0 spiro atoms. The SMILES string of the molecule is CC(=O)NC1CCN(c2cc(CC(=O)C3CC3c3ccccc3)nc3cc(C)nn23)CC1. The number of amides is 1. The zero-order valence-corrected chi connectivity index (χ0v) is 18.6. The van der Waals surface area contributed by atoms with Gasteiger partial charge < -0.3 is 10.2 Å². The van der Waals surface area contributed by atoms with Crippen molar-refractivity contribution in [1.29, 1.82) is 0 Å². The van der Waals surface area contributed by atoms with Crippen LogP contribution in [0.4, 0.5) is 5.82 Å². The van der Waals surface area contributed by atoms with Crippen molar-refractivity contribution >= 4 is 23.2 Å². The van der Waals surface area contributed by atoms with E-state index in [4.69, 9.17) is 4.98 Å². The number of nitrogens with zero attached hydrogens (tertiary/aromatic N) is 4. The van der Waals surface area contributed by atoms with Crippen molar-refractivity contribution in [3.05, 3.63) is 59.4 Å². The molecule has 1 saturated heterocycles.